The average molecular weight is 524 g/mol. The number of nitrogens with zero attached hydrogens (tertiary/aromatic N) is 2. The van der Waals surface area contributed by atoms with Crippen LogP contribution in [0.3, 0.4) is 0 Å². The van der Waals surface area contributed by atoms with Crippen molar-refractivity contribution in [3.05, 3.63) is 96.6 Å². The minimum Gasteiger partial charge on any atom is -0.336 e. The summed E-state index contributed by atoms with van der Waals surface area (Å²) in [5.41, 5.74) is 1.72. The maximum Gasteiger partial charge on any atom is 0.270 e. The Morgan fingerprint density at radius 3 is 2.67 bits per heavy atom. The number of pyridine rings is 1. The monoisotopic (exact) mass is 523 g/mol. The van der Waals surface area contributed by atoms with Gasteiger partial charge in [-0.1, -0.05) is 24.3 Å². The molecule has 0 radical (unpaired) electrons. The van der Waals surface area contributed by atoms with Crippen molar-refractivity contribution in [3.8, 4) is 0 Å². The highest BCUT2D eigenvalue weighted by Gasteiger charge is 2.37. The van der Waals surface area contributed by atoms with E-state index in [1.54, 1.807) is 36.4 Å². The van der Waals surface area contributed by atoms with E-state index in [4.69, 9.17) is 0 Å². The molecule has 4 heterocycles. The van der Waals surface area contributed by atoms with Crippen molar-refractivity contribution in [2.75, 3.05) is 13.1 Å². The van der Waals surface area contributed by atoms with Crippen molar-refractivity contribution >= 4 is 45.2 Å². The summed E-state index contributed by atoms with van der Waals surface area (Å²) >= 11 is 4.92. The van der Waals surface area contributed by atoms with Crippen LogP contribution in [-0.2, 0) is 11.3 Å². The third-order valence-electron chi connectivity index (χ3n) is 6.19. The lowest BCUT2D eigenvalue weighted by Crippen LogP contribution is -2.50. The standard InChI is InChI=1S/C25H22BrN3O3S/c26-20-7-2-1-6-19(20)24(31)27-21(12-18-5-4-10-33-18)25(32)28-13-16-11-17(15-28)22-8-3-9-23(30)29(22)14-16/h1-10,12,16-17H,11,13-15H2,(H,27,31)/b21-12+/t16-,17-/m1/s1. The van der Waals surface area contributed by atoms with Crippen molar-refractivity contribution in [2.45, 2.75) is 18.9 Å². The molecule has 33 heavy (non-hydrogen) atoms. The van der Waals surface area contributed by atoms with Crippen molar-refractivity contribution in [2.24, 2.45) is 5.92 Å². The Morgan fingerprint density at radius 1 is 1.03 bits per heavy atom. The van der Waals surface area contributed by atoms with Crippen LogP contribution in [-0.4, -0.2) is 34.4 Å². The van der Waals surface area contributed by atoms with Gasteiger partial charge in [-0.05, 0) is 64.0 Å². The molecule has 1 aromatic carbocycles. The normalized spacial score (nSPS) is 19.7. The molecule has 1 saturated heterocycles. The molecule has 2 bridgehead atoms. The SMILES string of the molecule is O=C(N/C(=C/c1cccs1)C(=O)N1C[C@H]2C[C@H](C1)c1cccc(=O)n1C2)c1ccccc1Br. The molecule has 0 saturated carbocycles. The number of likely N-dealkylation sites (tertiary alicyclic amines) is 1. The number of nitrogens with one attached hydrogen (secondary N) is 1. The van der Waals surface area contributed by atoms with Gasteiger partial charge in [0.05, 0.1) is 5.56 Å². The third-order valence-corrected chi connectivity index (χ3v) is 7.70. The van der Waals surface area contributed by atoms with E-state index in [9.17, 15) is 14.4 Å². The van der Waals surface area contributed by atoms with Gasteiger partial charge in [0.1, 0.15) is 5.70 Å². The second-order valence-corrected chi connectivity index (χ2v) is 10.2. The summed E-state index contributed by atoms with van der Waals surface area (Å²) in [6.07, 6.45) is 2.70. The van der Waals surface area contributed by atoms with E-state index in [1.807, 2.05) is 39.1 Å². The van der Waals surface area contributed by atoms with Gasteiger partial charge < -0.3 is 14.8 Å². The summed E-state index contributed by atoms with van der Waals surface area (Å²) in [5.74, 6) is -0.225. The van der Waals surface area contributed by atoms with E-state index >= 15 is 0 Å². The average Bonchev–Trinajstić information content (AvgIpc) is 3.32. The molecule has 3 aromatic rings. The van der Waals surface area contributed by atoms with Crippen LogP contribution in [0.25, 0.3) is 6.08 Å². The van der Waals surface area contributed by atoms with Crippen LogP contribution >= 0.6 is 27.3 Å². The van der Waals surface area contributed by atoms with Gasteiger partial charge in [0.2, 0.25) is 0 Å². The van der Waals surface area contributed by atoms with Gasteiger partial charge in [-0.2, -0.15) is 0 Å². The Morgan fingerprint density at radius 2 is 1.88 bits per heavy atom. The number of amides is 2. The van der Waals surface area contributed by atoms with Crippen molar-refractivity contribution in [3.63, 3.8) is 0 Å². The van der Waals surface area contributed by atoms with Gasteiger partial charge in [-0.25, -0.2) is 0 Å². The molecule has 2 aliphatic rings. The van der Waals surface area contributed by atoms with Crippen LogP contribution in [0.2, 0.25) is 0 Å². The molecular formula is C25H22BrN3O3S. The fourth-order valence-electron chi connectivity index (χ4n) is 4.73. The first-order valence-corrected chi connectivity index (χ1v) is 12.5. The molecule has 1 N–H and O–H groups in total. The molecule has 168 valence electrons. The Balaban J connectivity index is 1.43. The van der Waals surface area contributed by atoms with Gasteiger partial charge in [0.15, 0.2) is 0 Å². The zero-order valence-corrected chi connectivity index (χ0v) is 20.1. The number of thiophene rings is 1. The fraction of sp³-hybridized carbons (Fsp3) is 0.240. The minimum atomic E-state index is -0.340. The van der Waals surface area contributed by atoms with Crippen LogP contribution < -0.4 is 10.9 Å². The van der Waals surface area contributed by atoms with Gasteiger partial charge in [0, 0.05) is 46.7 Å². The minimum absolute atomic E-state index is 0.0148. The maximum absolute atomic E-state index is 13.7. The predicted octanol–water partition coefficient (Wildman–Crippen LogP) is 4.09. The highest BCUT2D eigenvalue weighted by Crippen LogP contribution is 2.35. The first-order chi connectivity index (χ1) is 16.0. The van der Waals surface area contributed by atoms with Gasteiger partial charge in [0.25, 0.3) is 17.4 Å². The molecular weight excluding hydrogens is 502 g/mol. The van der Waals surface area contributed by atoms with E-state index < -0.39 is 0 Å². The smallest absolute Gasteiger partial charge is 0.270 e. The van der Waals surface area contributed by atoms with Gasteiger partial charge in [-0.15, -0.1) is 11.3 Å². The molecule has 0 aliphatic carbocycles. The topological polar surface area (TPSA) is 71.4 Å². The van der Waals surface area contributed by atoms with Crippen molar-refractivity contribution in [1.82, 2.24) is 14.8 Å². The molecule has 1 fully saturated rings. The Labute approximate surface area is 203 Å². The largest absolute Gasteiger partial charge is 0.336 e. The van der Waals surface area contributed by atoms with Crippen LogP contribution in [0.15, 0.2) is 74.9 Å². The van der Waals surface area contributed by atoms with Gasteiger partial charge in [-0.3, -0.25) is 14.4 Å². The highest BCUT2D eigenvalue weighted by molar-refractivity contribution is 9.10. The number of benzene rings is 1. The Kier molecular flexibility index (Phi) is 6.03. The van der Waals surface area contributed by atoms with Crippen LogP contribution in [0, 0.1) is 5.92 Å². The summed E-state index contributed by atoms with van der Waals surface area (Å²) in [6, 6.07) is 16.3. The quantitative estimate of drug-likeness (QED) is 0.523. The molecule has 0 spiro atoms. The number of hydrogen-bond acceptors (Lipinski definition) is 4. The molecule has 2 amide bonds. The third kappa shape index (κ3) is 4.45. The number of fused-ring (bicyclic) bond motifs is 4. The zero-order valence-electron chi connectivity index (χ0n) is 17.7. The molecule has 8 heteroatoms. The summed E-state index contributed by atoms with van der Waals surface area (Å²) in [7, 11) is 0. The molecule has 2 aromatic heterocycles. The summed E-state index contributed by atoms with van der Waals surface area (Å²) in [5, 5.41) is 4.79. The summed E-state index contributed by atoms with van der Waals surface area (Å²) in [4.78, 5) is 41.7. The summed E-state index contributed by atoms with van der Waals surface area (Å²) < 4.78 is 2.51. The van der Waals surface area contributed by atoms with Gasteiger partial charge >= 0.3 is 0 Å². The molecule has 5 rings (SSSR count). The van der Waals surface area contributed by atoms with Crippen LogP contribution in [0.1, 0.15) is 33.3 Å². The zero-order chi connectivity index (χ0) is 22.9. The lowest BCUT2D eigenvalue weighted by Gasteiger charge is -2.43. The second kappa shape index (κ2) is 9.11. The summed E-state index contributed by atoms with van der Waals surface area (Å²) in [6.45, 7) is 1.69. The number of halogens is 1. The van der Waals surface area contributed by atoms with Crippen molar-refractivity contribution in [1.29, 1.82) is 0 Å². The molecule has 0 unspecified atom stereocenters. The second-order valence-electron chi connectivity index (χ2n) is 8.42. The number of rotatable bonds is 4. The lowest BCUT2D eigenvalue weighted by molar-refractivity contribution is -0.130. The number of carbonyl (C=O) groups is 2. The fourth-order valence-corrected chi connectivity index (χ4v) is 5.86. The van der Waals surface area contributed by atoms with E-state index in [0.717, 1.165) is 17.0 Å². The van der Waals surface area contributed by atoms with Crippen molar-refractivity contribution < 1.29 is 9.59 Å². The first-order valence-electron chi connectivity index (χ1n) is 10.8. The Bertz CT molecular complexity index is 1300. The highest BCUT2D eigenvalue weighted by atomic mass is 79.9. The molecule has 2 aliphatic heterocycles. The number of piperidine rings is 1. The molecule has 2 atom stereocenters. The van der Waals surface area contributed by atoms with Crippen LogP contribution in [0.4, 0.5) is 0 Å². The number of hydrogen-bond donors (Lipinski definition) is 1. The van der Waals surface area contributed by atoms with E-state index in [0.29, 0.717) is 29.7 Å². The van der Waals surface area contributed by atoms with E-state index in [1.165, 1.54) is 11.3 Å². The van der Waals surface area contributed by atoms with Crippen LogP contribution in [0.5, 0.6) is 0 Å². The number of carbonyl (C=O) groups excluding carboxylic acids is 2. The Hall–Kier alpha value is -2.97. The van der Waals surface area contributed by atoms with E-state index in [2.05, 4.69) is 21.2 Å². The predicted molar refractivity (Wildman–Crippen MR) is 132 cm³/mol. The first kappa shape index (κ1) is 21.9. The van der Waals surface area contributed by atoms with E-state index in [-0.39, 0.29) is 34.9 Å². The molecule has 6 nitrogen and oxygen atoms in total. The maximum atomic E-state index is 13.7. The number of aromatic nitrogens is 1. The lowest BCUT2D eigenvalue weighted by atomic mass is 9.83.